The molecular formula is C8H9ClN2O4. The van der Waals surface area contributed by atoms with E-state index in [1.807, 2.05) is 0 Å². The average molecular weight is 233 g/mol. The third kappa shape index (κ3) is 2.10. The van der Waals surface area contributed by atoms with Gasteiger partial charge < -0.3 is 9.30 Å². The Balaban J connectivity index is 3.19. The second-order valence-electron chi connectivity index (χ2n) is 2.77. The Bertz CT molecular complexity index is 413. The number of nitro groups is 1. The van der Waals surface area contributed by atoms with Crippen molar-refractivity contribution in [3.05, 3.63) is 27.0 Å². The van der Waals surface area contributed by atoms with E-state index in [4.69, 9.17) is 16.3 Å². The van der Waals surface area contributed by atoms with Gasteiger partial charge in [-0.05, 0) is 6.92 Å². The number of carbonyl (C=O) groups excluding carboxylic acids is 1. The van der Waals surface area contributed by atoms with Gasteiger partial charge in [0.1, 0.15) is 0 Å². The minimum atomic E-state index is -0.668. The highest BCUT2D eigenvalue weighted by molar-refractivity contribution is 6.35. The van der Waals surface area contributed by atoms with Gasteiger partial charge in [0.2, 0.25) is 0 Å². The van der Waals surface area contributed by atoms with Crippen LogP contribution in [-0.4, -0.2) is 22.1 Å². The molecule has 6 nitrogen and oxygen atoms in total. The summed E-state index contributed by atoms with van der Waals surface area (Å²) in [5.41, 5.74) is -0.313. The lowest BCUT2D eigenvalue weighted by atomic mass is 10.4. The highest BCUT2D eigenvalue weighted by atomic mass is 35.5. The summed E-state index contributed by atoms with van der Waals surface area (Å²) in [6, 6.07) is 0. The monoisotopic (exact) mass is 232 g/mol. The SMILES string of the molecule is CCOC(=O)c1c(Cl)c([N+](=O)[O-])cn1C. The van der Waals surface area contributed by atoms with Crippen LogP contribution in [0, 0.1) is 10.1 Å². The van der Waals surface area contributed by atoms with Crippen LogP contribution in [-0.2, 0) is 11.8 Å². The number of esters is 1. The molecule has 1 aromatic heterocycles. The predicted molar refractivity (Wildman–Crippen MR) is 53.0 cm³/mol. The number of nitrogens with zero attached hydrogens (tertiary/aromatic N) is 2. The van der Waals surface area contributed by atoms with E-state index < -0.39 is 10.9 Å². The Kier molecular flexibility index (Phi) is 3.31. The number of aryl methyl sites for hydroxylation is 1. The number of rotatable bonds is 3. The molecule has 0 N–H and O–H groups in total. The smallest absolute Gasteiger partial charge is 0.356 e. The fraction of sp³-hybridized carbons (Fsp3) is 0.375. The van der Waals surface area contributed by atoms with Crippen LogP contribution < -0.4 is 0 Å². The molecular weight excluding hydrogens is 224 g/mol. The predicted octanol–water partition coefficient (Wildman–Crippen LogP) is 1.76. The van der Waals surface area contributed by atoms with E-state index in [-0.39, 0.29) is 23.0 Å². The number of halogens is 1. The van der Waals surface area contributed by atoms with E-state index in [0.29, 0.717) is 0 Å². The van der Waals surface area contributed by atoms with Crippen molar-refractivity contribution in [1.82, 2.24) is 4.57 Å². The summed E-state index contributed by atoms with van der Waals surface area (Å²) in [6.45, 7) is 1.83. The largest absolute Gasteiger partial charge is 0.461 e. The normalized spacial score (nSPS) is 10.1. The Hall–Kier alpha value is -1.56. The number of hydrogen-bond donors (Lipinski definition) is 0. The Morgan fingerprint density at radius 1 is 1.73 bits per heavy atom. The van der Waals surface area contributed by atoms with Gasteiger partial charge in [0.15, 0.2) is 10.7 Å². The first-order valence-corrected chi connectivity index (χ1v) is 4.53. The van der Waals surface area contributed by atoms with Crippen LogP contribution in [0.4, 0.5) is 5.69 Å². The number of aromatic nitrogens is 1. The molecule has 1 aromatic rings. The Morgan fingerprint density at radius 3 is 2.73 bits per heavy atom. The lowest BCUT2D eigenvalue weighted by molar-refractivity contribution is -0.384. The summed E-state index contributed by atoms with van der Waals surface area (Å²) in [5, 5.41) is 10.3. The van der Waals surface area contributed by atoms with Crippen molar-refractivity contribution in [2.45, 2.75) is 6.92 Å². The number of ether oxygens (including phenoxy) is 1. The molecule has 82 valence electrons. The molecule has 1 heterocycles. The third-order valence-corrected chi connectivity index (χ3v) is 2.14. The summed E-state index contributed by atoms with van der Waals surface area (Å²) < 4.78 is 5.99. The molecule has 0 aliphatic heterocycles. The summed E-state index contributed by atoms with van der Waals surface area (Å²) in [4.78, 5) is 21.2. The molecule has 15 heavy (non-hydrogen) atoms. The molecule has 0 aromatic carbocycles. The molecule has 7 heteroatoms. The number of hydrogen-bond acceptors (Lipinski definition) is 4. The van der Waals surface area contributed by atoms with Gasteiger partial charge in [-0.15, -0.1) is 0 Å². The van der Waals surface area contributed by atoms with Crippen LogP contribution in [0.2, 0.25) is 5.02 Å². The molecule has 0 bridgehead atoms. The van der Waals surface area contributed by atoms with Crippen LogP contribution in [0.1, 0.15) is 17.4 Å². The van der Waals surface area contributed by atoms with Crippen molar-refractivity contribution in [3.8, 4) is 0 Å². The van der Waals surface area contributed by atoms with Crippen molar-refractivity contribution < 1.29 is 14.5 Å². The molecule has 1 rings (SSSR count). The molecule has 0 radical (unpaired) electrons. The highest BCUT2D eigenvalue weighted by Crippen LogP contribution is 2.29. The quantitative estimate of drug-likeness (QED) is 0.452. The topological polar surface area (TPSA) is 74.4 Å². The van der Waals surface area contributed by atoms with E-state index in [2.05, 4.69) is 0 Å². The van der Waals surface area contributed by atoms with Crippen LogP contribution in [0.15, 0.2) is 6.20 Å². The lowest BCUT2D eigenvalue weighted by Crippen LogP contribution is -2.09. The fourth-order valence-corrected chi connectivity index (χ4v) is 1.47. The minimum Gasteiger partial charge on any atom is -0.461 e. The first kappa shape index (κ1) is 11.5. The van der Waals surface area contributed by atoms with Gasteiger partial charge in [-0.2, -0.15) is 0 Å². The van der Waals surface area contributed by atoms with Crippen molar-refractivity contribution in [1.29, 1.82) is 0 Å². The standard InChI is InChI=1S/C8H9ClN2O4/c1-3-15-8(12)7-6(9)5(11(13)14)4-10(7)2/h4H,3H2,1-2H3. The second-order valence-corrected chi connectivity index (χ2v) is 3.14. The molecule has 0 atom stereocenters. The Morgan fingerprint density at radius 2 is 2.33 bits per heavy atom. The van der Waals surface area contributed by atoms with Crippen LogP contribution in [0.25, 0.3) is 0 Å². The Labute approximate surface area is 90.5 Å². The van der Waals surface area contributed by atoms with Gasteiger partial charge in [-0.25, -0.2) is 4.79 Å². The van der Waals surface area contributed by atoms with Crippen molar-refractivity contribution in [2.24, 2.45) is 7.05 Å². The van der Waals surface area contributed by atoms with E-state index in [9.17, 15) is 14.9 Å². The maximum atomic E-state index is 11.4. The van der Waals surface area contributed by atoms with Crippen molar-refractivity contribution in [3.63, 3.8) is 0 Å². The van der Waals surface area contributed by atoms with E-state index in [0.717, 1.165) is 0 Å². The molecule has 0 saturated carbocycles. The van der Waals surface area contributed by atoms with Crippen LogP contribution >= 0.6 is 11.6 Å². The van der Waals surface area contributed by atoms with E-state index in [1.165, 1.54) is 17.8 Å². The highest BCUT2D eigenvalue weighted by Gasteiger charge is 2.26. The maximum absolute atomic E-state index is 11.4. The van der Waals surface area contributed by atoms with Gasteiger partial charge in [0.25, 0.3) is 0 Å². The van der Waals surface area contributed by atoms with Gasteiger partial charge in [0.05, 0.1) is 17.7 Å². The van der Waals surface area contributed by atoms with Gasteiger partial charge in [0, 0.05) is 7.05 Å². The van der Waals surface area contributed by atoms with Gasteiger partial charge in [-0.3, -0.25) is 10.1 Å². The molecule has 0 aliphatic rings. The zero-order chi connectivity index (χ0) is 11.6. The molecule has 0 amide bonds. The van der Waals surface area contributed by atoms with Crippen molar-refractivity contribution in [2.75, 3.05) is 6.61 Å². The molecule has 0 spiro atoms. The lowest BCUT2D eigenvalue weighted by Gasteiger charge is -2.02. The molecule has 0 unspecified atom stereocenters. The van der Waals surface area contributed by atoms with Crippen molar-refractivity contribution >= 4 is 23.3 Å². The first-order chi connectivity index (χ1) is 6.99. The average Bonchev–Trinajstić information content (AvgIpc) is 2.42. The zero-order valence-corrected chi connectivity index (χ0v) is 8.95. The van der Waals surface area contributed by atoms with Gasteiger partial charge >= 0.3 is 11.7 Å². The number of carbonyl (C=O) groups is 1. The second kappa shape index (κ2) is 4.31. The molecule has 0 saturated heterocycles. The first-order valence-electron chi connectivity index (χ1n) is 4.15. The van der Waals surface area contributed by atoms with Crippen LogP contribution in [0.5, 0.6) is 0 Å². The molecule has 0 fully saturated rings. The summed E-state index contributed by atoms with van der Waals surface area (Å²) in [6.07, 6.45) is 1.18. The van der Waals surface area contributed by atoms with Gasteiger partial charge in [-0.1, -0.05) is 11.6 Å². The summed E-state index contributed by atoms with van der Waals surface area (Å²) in [5.74, 6) is -0.668. The van der Waals surface area contributed by atoms with E-state index >= 15 is 0 Å². The fourth-order valence-electron chi connectivity index (χ4n) is 1.14. The molecule has 0 aliphatic carbocycles. The zero-order valence-electron chi connectivity index (χ0n) is 8.19. The summed E-state index contributed by atoms with van der Waals surface area (Å²) >= 11 is 5.69. The van der Waals surface area contributed by atoms with Crippen LogP contribution in [0.3, 0.4) is 0 Å². The van der Waals surface area contributed by atoms with E-state index in [1.54, 1.807) is 6.92 Å². The maximum Gasteiger partial charge on any atom is 0.356 e. The summed E-state index contributed by atoms with van der Waals surface area (Å²) in [7, 11) is 1.49. The minimum absolute atomic E-state index is 0.00906. The third-order valence-electron chi connectivity index (χ3n) is 1.77.